The molecule has 0 spiro atoms. The zero-order valence-corrected chi connectivity index (χ0v) is 15.3. The molecule has 0 aliphatic rings. The molecule has 0 atom stereocenters. The van der Waals surface area contributed by atoms with Crippen molar-refractivity contribution in [2.75, 3.05) is 0 Å². The van der Waals surface area contributed by atoms with Gasteiger partial charge in [-0.25, -0.2) is 4.39 Å². The Kier molecular flexibility index (Phi) is 4.96. The first-order chi connectivity index (χ1) is 11.3. The second kappa shape index (κ2) is 6.40. The maximum absolute atomic E-state index is 13.4. The van der Waals surface area contributed by atoms with E-state index in [0.29, 0.717) is 18.2 Å². The first kappa shape index (κ1) is 19.4. The fraction of sp³-hybridized carbons (Fsp3) is 0.412. The molecule has 0 unspecified atom stereocenters. The van der Waals surface area contributed by atoms with E-state index < -0.39 is 29.0 Å². The van der Waals surface area contributed by atoms with Crippen LogP contribution < -0.4 is 4.80 Å². The van der Waals surface area contributed by atoms with E-state index in [1.807, 2.05) is 27.7 Å². The fourth-order valence-corrected chi connectivity index (χ4v) is 3.59. The molecule has 0 radical (unpaired) electrons. The Bertz CT molecular complexity index is 886. The molecule has 1 aromatic heterocycles. The average molecular weight is 374 g/mol. The second-order valence-electron chi connectivity index (χ2n) is 6.71. The third kappa shape index (κ3) is 4.00. The summed E-state index contributed by atoms with van der Waals surface area (Å²) in [5.41, 5.74) is -1.32. The Morgan fingerprint density at radius 2 is 1.80 bits per heavy atom. The monoisotopic (exact) mass is 374 g/mol. The molecule has 0 aliphatic heterocycles. The van der Waals surface area contributed by atoms with E-state index in [0.717, 1.165) is 10.6 Å². The summed E-state index contributed by atoms with van der Waals surface area (Å²) in [7, 11) is 1.68. The Hall–Kier alpha value is -1.96. The first-order valence-corrected chi connectivity index (χ1v) is 8.26. The summed E-state index contributed by atoms with van der Waals surface area (Å²) in [5, 5.41) is 0. The van der Waals surface area contributed by atoms with E-state index in [4.69, 9.17) is 0 Å². The van der Waals surface area contributed by atoms with Crippen LogP contribution >= 0.6 is 11.3 Å². The summed E-state index contributed by atoms with van der Waals surface area (Å²) in [6.07, 6.45) is -4.77. The predicted molar refractivity (Wildman–Crippen MR) is 88.0 cm³/mol. The molecule has 25 heavy (non-hydrogen) atoms. The van der Waals surface area contributed by atoms with Crippen molar-refractivity contribution in [2.24, 2.45) is 12.0 Å². The second-order valence-corrected chi connectivity index (χ2v) is 7.69. The molecule has 1 amide bonds. The third-order valence-electron chi connectivity index (χ3n) is 3.71. The summed E-state index contributed by atoms with van der Waals surface area (Å²) < 4.78 is 54.2. The maximum Gasteiger partial charge on any atom is 0.417 e. The molecule has 1 heterocycles. The molecule has 0 bridgehead atoms. The van der Waals surface area contributed by atoms with Gasteiger partial charge in [-0.3, -0.25) is 4.79 Å². The Labute approximate surface area is 146 Å². The predicted octanol–water partition coefficient (Wildman–Crippen LogP) is 4.59. The quantitative estimate of drug-likeness (QED) is 0.672. The number of nitrogens with zero attached hydrogens (tertiary/aromatic N) is 2. The number of hydrogen-bond donors (Lipinski definition) is 0. The largest absolute Gasteiger partial charge is 0.417 e. The number of benzene rings is 1. The molecule has 8 heteroatoms. The number of thiazole rings is 1. The number of hydrogen-bond acceptors (Lipinski definition) is 2. The van der Waals surface area contributed by atoms with Crippen LogP contribution in [0.25, 0.3) is 0 Å². The van der Waals surface area contributed by atoms with E-state index in [1.165, 1.54) is 11.3 Å². The van der Waals surface area contributed by atoms with Crippen molar-refractivity contribution >= 4 is 17.2 Å². The van der Waals surface area contributed by atoms with Crippen LogP contribution in [0.1, 0.15) is 47.3 Å². The molecule has 1 aromatic carbocycles. The highest BCUT2D eigenvalue weighted by Gasteiger charge is 2.35. The van der Waals surface area contributed by atoms with Crippen molar-refractivity contribution in [2.45, 2.75) is 39.3 Å². The molecule has 2 rings (SSSR count). The van der Waals surface area contributed by atoms with Crippen LogP contribution in [0.15, 0.2) is 23.2 Å². The molecule has 0 saturated carbocycles. The highest BCUT2D eigenvalue weighted by atomic mass is 32.1. The van der Waals surface area contributed by atoms with E-state index >= 15 is 0 Å². The lowest BCUT2D eigenvalue weighted by atomic mass is 9.93. The van der Waals surface area contributed by atoms with Crippen LogP contribution in [0, 0.1) is 12.7 Å². The number of rotatable bonds is 1. The smallest absolute Gasteiger partial charge is 0.324 e. The standard InChI is InChI=1S/C17H18F4N2OS/c1-9-13(16(2,3)4)25-15(23(9)5)22-14(24)11-8-10(18)6-7-12(11)17(19,20)21/h6-8H,1-5H3/b22-15-. The SMILES string of the molecule is Cc1c(C(C)(C)C)s/c(=N\C(=O)c2cc(F)ccc2C(F)(F)F)n1C. The highest BCUT2D eigenvalue weighted by Crippen LogP contribution is 2.33. The molecular formula is C17H18F4N2OS. The average Bonchev–Trinajstić information content (AvgIpc) is 2.74. The summed E-state index contributed by atoms with van der Waals surface area (Å²) in [4.78, 5) is 17.4. The Morgan fingerprint density at radius 3 is 2.28 bits per heavy atom. The molecule has 136 valence electrons. The molecule has 3 nitrogen and oxygen atoms in total. The van der Waals surface area contributed by atoms with Gasteiger partial charge in [0.15, 0.2) is 4.80 Å². The maximum atomic E-state index is 13.4. The van der Waals surface area contributed by atoms with Crippen LogP contribution in [-0.4, -0.2) is 10.5 Å². The number of carbonyl (C=O) groups is 1. The van der Waals surface area contributed by atoms with E-state index in [9.17, 15) is 22.4 Å². The molecule has 0 N–H and O–H groups in total. The Morgan fingerprint density at radius 1 is 1.20 bits per heavy atom. The number of halogens is 4. The van der Waals surface area contributed by atoms with Crippen molar-refractivity contribution in [3.05, 3.63) is 50.5 Å². The number of amides is 1. The van der Waals surface area contributed by atoms with Crippen LogP contribution in [-0.2, 0) is 18.6 Å². The van der Waals surface area contributed by atoms with Gasteiger partial charge in [-0.15, -0.1) is 11.3 Å². The van der Waals surface area contributed by atoms with Gasteiger partial charge in [0, 0.05) is 17.6 Å². The normalized spacial score (nSPS) is 13.4. The van der Waals surface area contributed by atoms with Crippen molar-refractivity contribution in [1.29, 1.82) is 0 Å². The summed E-state index contributed by atoms with van der Waals surface area (Å²) >= 11 is 1.23. The van der Waals surface area contributed by atoms with E-state index in [-0.39, 0.29) is 10.2 Å². The van der Waals surface area contributed by atoms with Gasteiger partial charge < -0.3 is 4.57 Å². The summed E-state index contributed by atoms with van der Waals surface area (Å²) in [6.45, 7) is 7.83. The van der Waals surface area contributed by atoms with Gasteiger partial charge in [-0.05, 0) is 30.5 Å². The van der Waals surface area contributed by atoms with Gasteiger partial charge in [0.05, 0.1) is 11.1 Å². The van der Waals surface area contributed by atoms with Crippen LogP contribution in [0.2, 0.25) is 0 Å². The van der Waals surface area contributed by atoms with Crippen molar-refractivity contribution in [1.82, 2.24) is 4.57 Å². The van der Waals surface area contributed by atoms with Crippen molar-refractivity contribution in [3.8, 4) is 0 Å². The highest BCUT2D eigenvalue weighted by molar-refractivity contribution is 7.09. The molecular weight excluding hydrogens is 356 g/mol. The van der Waals surface area contributed by atoms with Gasteiger partial charge in [0.2, 0.25) is 0 Å². The zero-order chi connectivity index (χ0) is 19.2. The zero-order valence-electron chi connectivity index (χ0n) is 14.5. The first-order valence-electron chi connectivity index (χ1n) is 7.45. The molecule has 0 aliphatic carbocycles. The van der Waals surface area contributed by atoms with Gasteiger partial charge in [-0.1, -0.05) is 20.8 Å². The van der Waals surface area contributed by atoms with Gasteiger partial charge >= 0.3 is 6.18 Å². The summed E-state index contributed by atoms with van der Waals surface area (Å²) in [5.74, 6) is -2.04. The number of aromatic nitrogens is 1. The van der Waals surface area contributed by atoms with E-state index in [2.05, 4.69) is 4.99 Å². The Balaban J connectivity index is 2.62. The number of alkyl halides is 3. The fourth-order valence-electron chi connectivity index (χ4n) is 2.41. The molecule has 0 saturated heterocycles. The molecule has 2 aromatic rings. The minimum atomic E-state index is -4.77. The van der Waals surface area contributed by atoms with Gasteiger partial charge in [0.1, 0.15) is 5.82 Å². The minimum Gasteiger partial charge on any atom is -0.324 e. The lowest BCUT2D eigenvalue weighted by molar-refractivity contribution is -0.137. The van der Waals surface area contributed by atoms with Gasteiger partial charge in [0.25, 0.3) is 5.91 Å². The lowest BCUT2D eigenvalue weighted by Gasteiger charge is -2.17. The molecule has 0 fully saturated rings. The van der Waals surface area contributed by atoms with Crippen LogP contribution in [0.5, 0.6) is 0 Å². The topological polar surface area (TPSA) is 34.4 Å². The van der Waals surface area contributed by atoms with Crippen molar-refractivity contribution < 1.29 is 22.4 Å². The van der Waals surface area contributed by atoms with E-state index in [1.54, 1.807) is 11.6 Å². The van der Waals surface area contributed by atoms with Gasteiger partial charge in [-0.2, -0.15) is 18.2 Å². The lowest BCUT2D eigenvalue weighted by Crippen LogP contribution is -2.17. The van der Waals surface area contributed by atoms with Crippen molar-refractivity contribution in [3.63, 3.8) is 0 Å². The number of carbonyl (C=O) groups excluding carboxylic acids is 1. The minimum absolute atomic E-state index is 0.195. The van der Waals surface area contributed by atoms with Crippen LogP contribution in [0.4, 0.5) is 17.6 Å². The summed E-state index contributed by atoms with van der Waals surface area (Å²) in [6, 6.07) is 1.80. The van der Waals surface area contributed by atoms with Crippen LogP contribution in [0.3, 0.4) is 0 Å². The third-order valence-corrected chi connectivity index (χ3v) is 5.37.